The molecule has 0 heterocycles. The molecule has 4 nitrogen and oxygen atoms in total. The average Bonchev–Trinajstić information content (AvgIpc) is 1.79. The van der Waals surface area contributed by atoms with Crippen molar-refractivity contribution in [3.05, 3.63) is 0 Å². The molecule has 0 aromatic heterocycles. The Kier molecular flexibility index (Phi) is 2.93. The summed E-state index contributed by atoms with van der Waals surface area (Å²) in [4.78, 5) is 10.6. The van der Waals surface area contributed by atoms with Crippen LogP contribution in [-0.2, 0) is 4.79 Å². The van der Waals surface area contributed by atoms with E-state index >= 15 is 0 Å². The van der Waals surface area contributed by atoms with E-state index in [0.717, 1.165) is 12.8 Å². The maximum absolute atomic E-state index is 10.6. The molecule has 0 amide bonds. The molecule has 0 aromatic rings. The first-order valence-corrected chi connectivity index (χ1v) is 4.59. The van der Waals surface area contributed by atoms with E-state index in [4.69, 9.17) is 5.11 Å². The van der Waals surface area contributed by atoms with Gasteiger partial charge in [0.15, 0.2) is 0 Å². The van der Waals surface area contributed by atoms with Gasteiger partial charge in [0.2, 0.25) is 0 Å². The van der Waals surface area contributed by atoms with Crippen molar-refractivity contribution in [2.24, 2.45) is 5.92 Å². The van der Waals surface area contributed by atoms with Crippen molar-refractivity contribution in [1.29, 1.82) is 0 Å². The Labute approximate surface area is 78.0 Å². The molecule has 1 fully saturated rings. The second kappa shape index (κ2) is 3.64. The number of carboxylic acid groups (broad SMARTS) is 1. The molecule has 0 spiro atoms. The molecule has 1 aliphatic rings. The van der Waals surface area contributed by atoms with Crippen LogP contribution in [0.15, 0.2) is 0 Å². The van der Waals surface area contributed by atoms with Crippen molar-refractivity contribution >= 4 is 5.97 Å². The van der Waals surface area contributed by atoms with Crippen LogP contribution in [0.25, 0.3) is 0 Å². The van der Waals surface area contributed by atoms with E-state index in [9.17, 15) is 9.90 Å². The van der Waals surface area contributed by atoms with Crippen LogP contribution < -0.4 is 5.32 Å². The van der Waals surface area contributed by atoms with Gasteiger partial charge in [-0.2, -0.15) is 0 Å². The summed E-state index contributed by atoms with van der Waals surface area (Å²) in [6, 6.07) is 0.0453. The van der Waals surface area contributed by atoms with E-state index in [1.165, 1.54) is 0 Å². The molecule has 13 heavy (non-hydrogen) atoms. The van der Waals surface area contributed by atoms with Gasteiger partial charge in [-0.05, 0) is 26.7 Å². The lowest BCUT2D eigenvalue weighted by Crippen LogP contribution is -2.51. The molecule has 4 heteroatoms. The van der Waals surface area contributed by atoms with Crippen LogP contribution in [0.5, 0.6) is 0 Å². The minimum atomic E-state index is -0.765. The zero-order valence-electron chi connectivity index (χ0n) is 8.08. The monoisotopic (exact) mass is 187 g/mol. The fourth-order valence-corrected chi connectivity index (χ4v) is 1.42. The molecule has 0 bridgehead atoms. The number of hydrogen-bond donors (Lipinski definition) is 3. The fourth-order valence-electron chi connectivity index (χ4n) is 1.42. The van der Waals surface area contributed by atoms with Crippen molar-refractivity contribution < 1.29 is 15.0 Å². The normalized spacial score (nSPS) is 28.2. The van der Waals surface area contributed by atoms with Gasteiger partial charge >= 0.3 is 5.97 Å². The van der Waals surface area contributed by atoms with Crippen LogP contribution in [0.3, 0.4) is 0 Å². The zero-order chi connectivity index (χ0) is 10.1. The van der Waals surface area contributed by atoms with E-state index in [-0.39, 0.29) is 12.0 Å². The molecule has 2 atom stereocenters. The number of aliphatic hydroxyl groups is 1. The molecule has 1 saturated carbocycles. The first kappa shape index (κ1) is 10.5. The maximum atomic E-state index is 10.6. The summed E-state index contributed by atoms with van der Waals surface area (Å²) in [5.41, 5.74) is -0.765. The van der Waals surface area contributed by atoms with E-state index in [2.05, 4.69) is 5.32 Å². The second-order valence-electron chi connectivity index (χ2n) is 4.32. The van der Waals surface area contributed by atoms with Crippen LogP contribution in [-0.4, -0.2) is 34.4 Å². The first-order valence-electron chi connectivity index (χ1n) is 4.59. The molecule has 1 aliphatic carbocycles. The SMILES string of the molecule is CC(C)(O)CNC1CCC1C(=O)O. The zero-order valence-corrected chi connectivity index (χ0v) is 8.08. The molecule has 0 saturated heterocycles. The number of rotatable bonds is 4. The third-order valence-electron chi connectivity index (χ3n) is 2.39. The Morgan fingerprint density at radius 1 is 1.54 bits per heavy atom. The standard InChI is InChI=1S/C9H17NO3/c1-9(2,13)5-10-7-4-3-6(7)8(11)12/h6-7,10,13H,3-5H2,1-2H3,(H,11,12). The molecule has 3 N–H and O–H groups in total. The number of nitrogens with one attached hydrogen (secondary N) is 1. The Morgan fingerprint density at radius 2 is 2.15 bits per heavy atom. The number of carbonyl (C=O) groups is 1. The summed E-state index contributed by atoms with van der Waals surface area (Å²) in [5, 5.41) is 21.2. The van der Waals surface area contributed by atoms with Gasteiger partial charge in [-0.15, -0.1) is 0 Å². The van der Waals surface area contributed by atoms with Gasteiger partial charge in [-0.3, -0.25) is 4.79 Å². The van der Waals surface area contributed by atoms with Crippen LogP contribution >= 0.6 is 0 Å². The summed E-state index contributed by atoms with van der Waals surface area (Å²) in [5.74, 6) is -0.998. The van der Waals surface area contributed by atoms with Crippen molar-refractivity contribution in [2.45, 2.75) is 38.3 Å². The third-order valence-corrected chi connectivity index (χ3v) is 2.39. The highest BCUT2D eigenvalue weighted by molar-refractivity contribution is 5.72. The molecule has 1 rings (SSSR count). The van der Waals surface area contributed by atoms with Gasteiger partial charge in [0, 0.05) is 12.6 Å². The highest BCUT2D eigenvalue weighted by atomic mass is 16.4. The molecular weight excluding hydrogens is 170 g/mol. The van der Waals surface area contributed by atoms with E-state index in [1.54, 1.807) is 13.8 Å². The topological polar surface area (TPSA) is 69.6 Å². The highest BCUT2D eigenvalue weighted by Gasteiger charge is 2.36. The van der Waals surface area contributed by atoms with Crippen LogP contribution in [0.1, 0.15) is 26.7 Å². The van der Waals surface area contributed by atoms with Gasteiger partial charge in [0.1, 0.15) is 0 Å². The predicted molar refractivity (Wildman–Crippen MR) is 48.4 cm³/mol. The number of aliphatic carboxylic acids is 1. The summed E-state index contributed by atoms with van der Waals surface area (Å²) in [6.07, 6.45) is 1.64. The van der Waals surface area contributed by atoms with Crippen LogP contribution in [0.2, 0.25) is 0 Å². The summed E-state index contributed by atoms with van der Waals surface area (Å²) < 4.78 is 0. The largest absolute Gasteiger partial charge is 0.481 e. The Hall–Kier alpha value is -0.610. The van der Waals surface area contributed by atoms with Gasteiger partial charge in [-0.1, -0.05) is 0 Å². The number of carboxylic acids is 1. The van der Waals surface area contributed by atoms with E-state index in [1.807, 2.05) is 0 Å². The molecule has 0 aliphatic heterocycles. The summed E-state index contributed by atoms with van der Waals surface area (Å²) in [6.45, 7) is 3.85. The van der Waals surface area contributed by atoms with Gasteiger partial charge in [0.05, 0.1) is 11.5 Å². The quantitative estimate of drug-likeness (QED) is 0.588. The third kappa shape index (κ3) is 2.97. The van der Waals surface area contributed by atoms with Gasteiger partial charge in [0.25, 0.3) is 0 Å². The molecule has 76 valence electrons. The minimum Gasteiger partial charge on any atom is -0.481 e. The van der Waals surface area contributed by atoms with Crippen molar-refractivity contribution in [1.82, 2.24) is 5.32 Å². The Bertz CT molecular complexity index is 198. The van der Waals surface area contributed by atoms with Crippen molar-refractivity contribution in [3.63, 3.8) is 0 Å². The van der Waals surface area contributed by atoms with Crippen LogP contribution in [0, 0.1) is 5.92 Å². The Morgan fingerprint density at radius 3 is 2.46 bits per heavy atom. The Balaban J connectivity index is 2.27. The van der Waals surface area contributed by atoms with Crippen LogP contribution in [0.4, 0.5) is 0 Å². The van der Waals surface area contributed by atoms with Gasteiger partial charge < -0.3 is 15.5 Å². The van der Waals surface area contributed by atoms with E-state index in [0.29, 0.717) is 6.54 Å². The predicted octanol–water partition coefficient (Wildman–Crippen LogP) is 0.210. The lowest BCUT2D eigenvalue weighted by molar-refractivity contribution is -0.146. The second-order valence-corrected chi connectivity index (χ2v) is 4.32. The number of hydrogen-bond acceptors (Lipinski definition) is 3. The van der Waals surface area contributed by atoms with E-state index < -0.39 is 11.6 Å². The molecule has 0 radical (unpaired) electrons. The van der Waals surface area contributed by atoms with Crippen molar-refractivity contribution in [3.8, 4) is 0 Å². The summed E-state index contributed by atoms with van der Waals surface area (Å²) >= 11 is 0. The molecule has 2 unspecified atom stereocenters. The first-order chi connectivity index (χ1) is 5.90. The summed E-state index contributed by atoms with van der Waals surface area (Å²) in [7, 11) is 0. The van der Waals surface area contributed by atoms with Gasteiger partial charge in [-0.25, -0.2) is 0 Å². The average molecular weight is 187 g/mol. The molecule has 0 aromatic carbocycles. The smallest absolute Gasteiger partial charge is 0.308 e. The maximum Gasteiger partial charge on any atom is 0.308 e. The molecular formula is C9H17NO3. The highest BCUT2D eigenvalue weighted by Crippen LogP contribution is 2.27. The fraction of sp³-hybridized carbons (Fsp3) is 0.889. The minimum absolute atomic E-state index is 0.0453. The lowest BCUT2D eigenvalue weighted by Gasteiger charge is -2.35. The van der Waals surface area contributed by atoms with Crippen molar-refractivity contribution in [2.75, 3.05) is 6.54 Å². The lowest BCUT2D eigenvalue weighted by atomic mass is 9.79.